The van der Waals surface area contributed by atoms with Gasteiger partial charge in [-0.3, -0.25) is 4.79 Å². The maximum Gasteiger partial charge on any atom is 0.195 e. The zero-order chi connectivity index (χ0) is 13.0. The zero-order valence-corrected chi connectivity index (χ0v) is 9.45. The lowest BCUT2D eigenvalue weighted by atomic mass is 10.0. The van der Waals surface area contributed by atoms with Crippen LogP contribution in [0.4, 0.5) is 11.4 Å². The number of nitrogen functional groups attached to an aromatic ring is 1. The fourth-order valence-electron chi connectivity index (χ4n) is 1.63. The number of nitrogens with two attached hydrogens (primary N) is 1. The summed E-state index contributed by atoms with van der Waals surface area (Å²) in [6, 6.07) is 13.6. The monoisotopic (exact) mass is 238 g/mol. The van der Waals surface area contributed by atoms with E-state index in [4.69, 9.17) is 11.3 Å². The van der Waals surface area contributed by atoms with E-state index in [1.165, 1.54) is 0 Å². The molecule has 88 valence electrons. The third-order valence-corrected chi connectivity index (χ3v) is 2.52. The van der Waals surface area contributed by atoms with Gasteiger partial charge in [-0.05, 0) is 11.6 Å². The summed E-state index contributed by atoms with van der Waals surface area (Å²) in [6.45, 7) is 0. The summed E-state index contributed by atoms with van der Waals surface area (Å²) in [7, 11) is 0. The van der Waals surface area contributed by atoms with Crippen LogP contribution in [0.3, 0.4) is 0 Å². The second-order valence-electron chi connectivity index (χ2n) is 3.62. The van der Waals surface area contributed by atoms with Crippen molar-refractivity contribution in [1.29, 1.82) is 0 Å². The van der Waals surface area contributed by atoms with Crippen molar-refractivity contribution in [1.82, 2.24) is 0 Å². The summed E-state index contributed by atoms with van der Waals surface area (Å²) >= 11 is 0. The molecule has 0 aromatic heterocycles. The van der Waals surface area contributed by atoms with Crippen LogP contribution in [0.5, 0.6) is 0 Å². The third-order valence-electron chi connectivity index (χ3n) is 2.52. The molecule has 0 atom stereocenters. The van der Waals surface area contributed by atoms with Gasteiger partial charge in [-0.2, -0.15) is 0 Å². The first-order chi connectivity index (χ1) is 8.74. The number of azide groups is 1. The van der Waals surface area contributed by atoms with Crippen molar-refractivity contribution in [2.45, 2.75) is 0 Å². The molecule has 18 heavy (non-hydrogen) atoms. The van der Waals surface area contributed by atoms with Gasteiger partial charge in [-0.15, -0.1) is 0 Å². The Balaban J connectivity index is 2.49. The maximum absolute atomic E-state index is 12.2. The first-order valence-corrected chi connectivity index (χ1v) is 5.27. The van der Waals surface area contributed by atoms with Gasteiger partial charge in [0.05, 0.1) is 11.4 Å². The van der Waals surface area contributed by atoms with Crippen LogP contribution in [-0.2, 0) is 0 Å². The van der Waals surface area contributed by atoms with E-state index in [0.717, 1.165) is 0 Å². The molecule has 0 bridgehead atoms. The minimum absolute atomic E-state index is 0.192. The molecular formula is C13H10N4O. The van der Waals surface area contributed by atoms with E-state index < -0.39 is 0 Å². The van der Waals surface area contributed by atoms with E-state index in [0.29, 0.717) is 11.1 Å². The molecule has 0 fully saturated rings. The van der Waals surface area contributed by atoms with Crippen LogP contribution in [0.1, 0.15) is 15.9 Å². The smallest absolute Gasteiger partial charge is 0.195 e. The standard InChI is InChI=1S/C13H10N4O/c14-12-10(7-4-8-11(12)16-17-15)13(18)9-5-2-1-3-6-9/h1-8H,14H2. The maximum atomic E-state index is 12.2. The Bertz CT molecular complexity index is 631. The highest BCUT2D eigenvalue weighted by atomic mass is 16.1. The predicted octanol–water partition coefficient (Wildman–Crippen LogP) is 3.44. The highest BCUT2D eigenvalue weighted by Gasteiger charge is 2.13. The van der Waals surface area contributed by atoms with Gasteiger partial charge in [0.25, 0.3) is 0 Å². The Morgan fingerprint density at radius 3 is 2.50 bits per heavy atom. The van der Waals surface area contributed by atoms with Crippen molar-refractivity contribution in [2.75, 3.05) is 5.73 Å². The van der Waals surface area contributed by atoms with E-state index in [-0.39, 0.29) is 17.2 Å². The highest BCUT2D eigenvalue weighted by Crippen LogP contribution is 2.27. The Morgan fingerprint density at radius 1 is 1.11 bits per heavy atom. The number of carbonyl (C=O) groups is 1. The average molecular weight is 238 g/mol. The predicted molar refractivity (Wildman–Crippen MR) is 69.5 cm³/mol. The molecule has 0 aliphatic rings. The van der Waals surface area contributed by atoms with Crippen molar-refractivity contribution in [2.24, 2.45) is 5.11 Å². The number of carbonyl (C=O) groups excluding carboxylic acids is 1. The second-order valence-corrected chi connectivity index (χ2v) is 3.62. The van der Waals surface area contributed by atoms with Gasteiger partial charge in [-0.1, -0.05) is 47.6 Å². The van der Waals surface area contributed by atoms with E-state index in [9.17, 15) is 4.79 Å². The second kappa shape index (κ2) is 5.03. The number of rotatable bonds is 3. The zero-order valence-electron chi connectivity index (χ0n) is 9.45. The fraction of sp³-hybridized carbons (Fsp3) is 0. The Labute approximate surface area is 103 Å². The van der Waals surface area contributed by atoms with Crippen LogP contribution in [0, 0.1) is 0 Å². The molecule has 2 aromatic carbocycles. The van der Waals surface area contributed by atoms with Gasteiger partial charge in [0.1, 0.15) is 0 Å². The highest BCUT2D eigenvalue weighted by molar-refractivity contribution is 6.13. The normalized spacial score (nSPS) is 9.56. The van der Waals surface area contributed by atoms with Crippen LogP contribution in [0.2, 0.25) is 0 Å². The minimum Gasteiger partial charge on any atom is -0.398 e. The Kier molecular flexibility index (Phi) is 3.27. The molecule has 0 spiro atoms. The van der Waals surface area contributed by atoms with Crippen molar-refractivity contribution in [3.8, 4) is 0 Å². The topological polar surface area (TPSA) is 91.9 Å². The molecular weight excluding hydrogens is 228 g/mol. The number of hydrogen-bond acceptors (Lipinski definition) is 3. The lowest BCUT2D eigenvalue weighted by Gasteiger charge is -2.06. The molecule has 0 radical (unpaired) electrons. The summed E-state index contributed by atoms with van der Waals surface area (Å²) in [6.07, 6.45) is 0. The average Bonchev–Trinajstić information content (AvgIpc) is 2.42. The summed E-state index contributed by atoms with van der Waals surface area (Å²) in [5, 5.41) is 3.45. The Hall–Kier alpha value is -2.78. The van der Waals surface area contributed by atoms with Crippen molar-refractivity contribution >= 4 is 17.2 Å². The molecule has 0 amide bonds. The largest absolute Gasteiger partial charge is 0.398 e. The number of para-hydroxylation sites is 1. The number of benzene rings is 2. The lowest BCUT2D eigenvalue weighted by Crippen LogP contribution is -2.05. The van der Waals surface area contributed by atoms with Gasteiger partial charge >= 0.3 is 0 Å². The molecule has 2 aromatic rings. The molecule has 0 aliphatic carbocycles. The van der Waals surface area contributed by atoms with Crippen molar-refractivity contribution < 1.29 is 4.79 Å². The minimum atomic E-state index is -0.192. The fourth-order valence-corrected chi connectivity index (χ4v) is 1.63. The van der Waals surface area contributed by atoms with Gasteiger partial charge in [0.2, 0.25) is 0 Å². The molecule has 2 N–H and O–H groups in total. The molecule has 5 heteroatoms. The first-order valence-electron chi connectivity index (χ1n) is 5.27. The summed E-state index contributed by atoms with van der Waals surface area (Å²) in [5.41, 5.74) is 15.6. The van der Waals surface area contributed by atoms with Crippen LogP contribution >= 0.6 is 0 Å². The SMILES string of the molecule is [N-]=[N+]=Nc1cccc(C(=O)c2ccccc2)c1N. The molecule has 0 heterocycles. The van der Waals surface area contributed by atoms with Crippen LogP contribution < -0.4 is 5.73 Å². The summed E-state index contributed by atoms with van der Waals surface area (Å²) in [4.78, 5) is 14.9. The quantitative estimate of drug-likeness (QED) is 0.291. The van der Waals surface area contributed by atoms with Crippen LogP contribution in [0.15, 0.2) is 53.6 Å². The molecule has 0 aliphatic heterocycles. The third kappa shape index (κ3) is 2.16. The van der Waals surface area contributed by atoms with E-state index in [1.807, 2.05) is 6.07 Å². The van der Waals surface area contributed by atoms with Crippen LogP contribution in [-0.4, -0.2) is 5.78 Å². The number of hydrogen-bond donors (Lipinski definition) is 1. The Morgan fingerprint density at radius 2 is 1.83 bits per heavy atom. The van der Waals surface area contributed by atoms with Gasteiger partial charge < -0.3 is 5.73 Å². The van der Waals surface area contributed by atoms with Gasteiger partial charge in [0.15, 0.2) is 5.78 Å². The van der Waals surface area contributed by atoms with E-state index in [2.05, 4.69) is 10.0 Å². The van der Waals surface area contributed by atoms with Gasteiger partial charge in [0, 0.05) is 16.0 Å². The molecule has 5 nitrogen and oxygen atoms in total. The van der Waals surface area contributed by atoms with Crippen molar-refractivity contribution in [3.63, 3.8) is 0 Å². The first kappa shape index (κ1) is 11.7. The van der Waals surface area contributed by atoms with Crippen molar-refractivity contribution in [3.05, 3.63) is 70.1 Å². The summed E-state index contributed by atoms with van der Waals surface area (Å²) < 4.78 is 0. The lowest BCUT2D eigenvalue weighted by molar-refractivity contribution is 0.103. The van der Waals surface area contributed by atoms with Gasteiger partial charge in [-0.25, -0.2) is 0 Å². The molecule has 2 rings (SSSR count). The van der Waals surface area contributed by atoms with E-state index in [1.54, 1.807) is 42.5 Å². The number of ketones is 1. The molecule has 0 unspecified atom stereocenters. The van der Waals surface area contributed by atoms with E-state index >= 15 is 0 Å². The summed E-state index contributed by atoms with van der Waals surface area (Å²) in [5.74, 6) is -0.192. The molecule has 0 saturated carbocycles. The van der Waals surface area contributed by atoms with Crippen LogP contribution in [0.25, 0.3) is 10.4 Å². The molecule has 0 saturated heterocycles. The number of anilines is 1. The number of nitrogens with zero attached hydrogens (tertiary/aromatic N) is 3.